The maximum absolute atomic E-state index is 5.52. The minimum Gasteiger partial charge on any atom is -0.151 e. The van der Waals surface area contributed by atoms with Gasteiger partial charge in [0, 0.05) is 13.8 Å². The van der Waals surface area contributed by atoms with Crippen LogP contribution in [0.4, 0.5) is 0 Å². The lowest BCUT2D eigenvalue weighted by Gasteiger charge is -2.24. The first-order chi connectivity index (χ1) is 3.89. The molecule has 0 bridgehead atoms. The van der Waals surface area contributed by atoms with E-state index in [2.05, 4.69) is 13.2 Å². The Kier molecular flexibility index (Phi) is 2.14. The Bertz CT molecular complexity index is 130. The van der Waals surface area contributed by atoms with Gasteiger partial charge in [0.2, 0.25) is 0 Å². The van der Waals surface area contributed by atoms with Crippen LogP contribution in [0, 0.1) is 0 Å². The van der Waals surface area contributed by atoms with Gasteiger partial charge in [-0.1, -0.05) is 0 Å². The van der Waals surface area contributed by atoms with E-state index in [1.807, 2.05) is 0 Å². The summed E-state index contributed by atoms with van der Waals surface area (Å²) in [5.74, 6) is 11.0. The molecule has 0 atom stereocenters. The molecule has 0 aromatic rings. The van der Waals surface area contributed by atoms with Crippen molar-refractivity contribution in [1.29, 1.82) is 0 Å². The summed E-state index contributed by atoms with van der Waals surface area (Å²) < 4.78 is -0.278. The molecule has 3 nitrogen and oxygen atoms in total. The smallest absolute Gasteiger partial charge is 0.142 e. The predicted molar refractivity (Wildman–Crippen MR) is 38.3 cm³/mol. The van der Waals surface area contributed by atoms with E-state index in [9.17, 15) is 0 Å². The summed E-state index contributed by atoms with van der Waals surface area (Å²) in [6, 6.07) is 0. The first-order valence-electron chi connectivity index (χ1n) is 2.67. The molecule has 0 radical (unpaired) electrons. The second kappa shape index (κ2) is 2.31. The van der Waals surface area contributed by atoms with Gasteiger partial charge in [-0.3, -0.25) is 0 Å². The van der Waals surface area contributed by atoms with Crippen molar-refractivity contribution >= 4 is 0 Å². The maximum atomic E-state index is 5.52. The van der Waals surface area contributed by atoms with Gasteiger partial charge in [-0.05, 0) is 13.2 Å². The lowest BCUT2D eigenvalue weighted by atomic mass is 10.4. The third kappa shape index (κ3) is 1.64. The molecule has 0 spiro atoms. The third-order valence-corrected chi connectivity index (χ3v) is 1.26. The molecule has 52 valence electrons. The standard InChI is InChI=1S/C6H14N3/c1-5(2)9(7,8)6(3)4/h1,3,7-8H2,2,4H3/q+1. The highest BCUT2D eigenvalue weighted by molar-refractivity contribution is 4.85. The van der Waals surface area contributed by atoms with Gasteiger partial charge in [0.15, 0.2) is 0 Å². The lowest BCUT2D eigenvalue weighted by Crippen LogP contribution is -2.56. The summed E-state index contributed by atoms with van der Waals surface area (Å²) in [5.41, 5.74) is 1.34. The summed E-state index contributed by atoms with van der Waals surface area (Å²) in [6.45, 7) is 10.7. The zero-order chi connectivity index (χ0) is 7.65. The second-order valence-corrected chi connectivity index (χ2v) is 2.25. The van der Waals surface area contributed by atoms with E-state index < -0.39 is 0 Å². The predicted octanol–water partition coefficient (Wildman–Crippen LogP) is 0.618. The fraction of sp³-hybridized carbons (Fsp3) is 0.333. The van der Waals surface area contributed by atoms with E-state index in [0.29, 0.717) is 11.4 Å². The summed E-state index contributed by atoms with van der Waals surface area (Å²) in [5, 5.41) is 0. The average molecular weight is 128 g/mol. The highest BCUT2D eigenvalue weighted by Crippen LogP contribution is 2.07. The van der Waals surface area contributed by atoms with Crippen LogP contribution in [-0.4, -0.2) is 4.70 Å². The van der Waals surface area contributed by atoms with Gasteiger partial charge in [0.05, 0.1) is 0 Å². The number of hydrogen-bond acceptors (Lipinski definition) is 2. The van der Waals surface area contributed by atoms with Crippen LogP contribution >= 0.6 is 0 Å². The second-order valence-electron chi connectivity index (χ2n) is 2.25. The van der Waals surface area contributed by atoms with Crippen molar-refractivity contribution in [2.75, 3.05) is 0 Å². The van der Waals surface area contributed by atoms with Crippen molar-refractivity contribution < 1.29 is 4.70 Å². The minimum atomic E-state index is -0.278. The first-order valence-corrected chi connectivity index (χ1v) is 2.67. The van der Waals surface area contributed by atoms with E-state index in [1.54, 1.807) is 13.8 Å². The Balaban J connectivity index is 4.38. The van der Waals surface area contributed by atoms with Crippen molar-refractivity contribution in [3.63, 3.8) is 0 Å². The van der Waals surface area contributed by atoms with E-state index in [4.69, 9.17) is 11.7 Å². The van der Waals surface area contributed by atoms with Crippen molar-refractivity contribution in [3.05, 3.63) is 24.6 Å². The Morgan fingerprint density at radius 3 is 1.33 bits per heavy atom. The van der Waals surface area contributed by atoms with Crippen LogP contribution in [0.2, 0.25) is 0 Å². The van der Waals surface area contributed by atoms with Gasteiger partial charge in [0.25, 0.3) is 0 Å². The molecule has 0 saturated carbocycles. The molecule has 0 rings (SSSR count). The summed E-state index contributed by atoms with van der Waals surface area (Å²) >= 11 is 0. The number of rotatable bonds is 2. The molecule has 0 amide bonds. The normalized spacial score (nSPS) is 11.1. The van der Waals surface area contributed by atoms with Gasteiger partial charge in [-0.15, -0.1) is 4.70 Å². The maximum Gasteiger partial charge on any atom is 0.142 e. The molecule has 9 heavy (non-hydrogen) atoms. The van der Waals surface area contributed by atoms with E-state index in [1.165, 1.54) is 0 Å². The lowest BCUT2D eigenvalue weighted by molar-refractivity contribution is -0.878. The molecule has 0 heterocycles. The zero-order valence-corrected chi connectivity index (χ0v) is 6.02. The van der Waals surface area contributed by atoms with Crippen LogP contribution in [0.5, 0.6) is 0 Å². The van der Waals surface area contributed by atoms with Gasteiger partial charge in [0.1, 0.15) is 11.4 Å². The third-order valence-electron chi connectivity index (χ3n) is 1.26. The molecule has 0 aliphatic heterocycles. The summed E-state index contributed by atoms with van der Waals surface area (Å²) in [4.78, 5) is 0. The largest absolute Gasteiger partial charge is 0.151 e. The van der Waals surface area contributed by atoms with Crippen LogP contribution in [0.3, 0.4) is 0 Å². The van der Waals surface area contributed by atoms with Crippen LogP contribution < -0.4 is 11.7 Å². The zero-order valence-electron chi connectivity index (χ0n) is 6.02. The highest BCUT2D eigenvalue weighted by Gasteiger charge is 2.20. The number of quaternary nitrogens is 1. The van der Waals surface area contributed by atoms with Crippen molar-refractivity contribution in [3.8, 4) is 0 Å². The number of hydrogen-bond donors (Lipinski definition) is 2. The molecular weight excluding hydrogens is 114 g/mol. The number of allylic oxidation sites excluding steroid dienone is 2. The van der Waals surface area contributed by atoms with Crippen LogP contribution in [0.15, 0.2) is 24.6 Å². The monoisotopic (exact) mass is 128 g/mol. The van der Waals surface area contributed by atoms with E-state index >= 15 is 0 Å². The quantitative estimate of drug-likeness (QED) is 0.325. The van der Waals surface area contributed by atoms with Crippen LogP contribution in [0.1, 0.15) is 13.8 Å². The van der Waals surface area contributed by atoms with Gasteiger partial charge in [-0.25, -0.2) is 0 Å². The molecule has 0 unspecified atom stereocenters. The topological polar surface area (TPSA) is 52.0 Å². The SMILES string of the molecule is C=C(C)[N+](N)(N)C(=C)C. The van der Waals surface area contributed by atoms with Gasteiger partial charge < -0.3 is 0 Å². The van der Waals surface area contributed by atoms with Gasteiger partial charge in [-0.2, -0.15) is 11.7 Å². The van der Waals surface area contributed by atoms with Gasteiger partial charge >= 0.3 is 0 Å². The Hall–Kier alpha value is -0.640. The first kappa shape index (κ1) is 8.36. The fourth-order valence-electron chi connectivity index (χ4n) is 0.326. The van der Waals surface area contributed by atoms with Crippen LogP contribution in [0.25, 0.3) is 0 Å². The Morgan fingerprint density at radius 2 is 1.33 bits per heavy atom. The molecule has 0 fully saturated rings. The Labute approximate surface area is 55.8 Å². The highest BCUT2D eigenvalue weighted by atomic mass is 15.8. The molecule has 0 aliphatic rings. The number of nitrogens with zero attached hydrogens (tertiary/aromatic N) is 1. The van der Waals surface area contributed by atoms with E-state index in [0.717, 1.165) is 0 Å². The molecule has 4 N–H and O–H groups in total. The fourth-order valence-corrected chi connectivity index (χ4v) is 0.326. The molecule has 3 heteroatoms. The molecular formula is C6H14N3+. The van der Waals surface area contributed by atoms with Crippen molar-refractivity contribution in [1.82, 2.24) is 0 Å². The average Bonchev–Trinajstić information content (AvgIpc) is 1.65. The minimum absolute atomic E-state index is 0.278. The summed E-state index contributed by atoms with van der Waals surface area (Å²) in [7, 11) is 0. The number of nitrogens with two attached hydrogens (primary N) is 2. The van der Waals surface area contributed by atoms with Crippen LogP contribution in [-0.2, 0) is 0 Å². The van der Waals surface area contributed by atoms with E-state index in [-0.39, 0.29) is 4.70 Å². The molecule has 0 aromatic carbocycles. The van der Waals surface area contributed by atoms with Crippen molar-refractivity contribution in [2.24, 2.45) is 11.7 Å². The molecule has 0 aliphatic carbocycles. The van der Waals surface area contributed by atoms with Crippen molar-refractivity contribution in [2.45, 2.75) is 13.8 Å². The molecule has 0 saturated heterocycles. The Morgan fingerprint density at radius 1 is 1.11 bits per heavy atom. The molecule has 0 aromatic heterocycles. The summed E-state index contributed by atoms with van der Waals surface area (Å²) in [6.07, 6.45) is 0.